The largest absolute Gasteiger partial charge is 0.487 e. The van der Waals surface area contributed by atoms with Crippen molar-refractivity contribution in [2.24, 2.45) is 0 Å². The van der Waals surface area contributed by atoms with Gasteiger partial charge in [0.05, 0.1) is 11.7 Å². The van der Waals surface area contributed by atoms with Gasteiger partial charge in [0.1, 0.15) is 12.4 Å². The van der Waals surface area contributed by atoms with Crippen molar-refractivity contribution in [2.45, 2.75) is 6.61 Å². The van der Waals surface area contributed by atoms with Crippen molar-refractivity contribution in [2.75, 3.05) is 5.73 Å². The molecule has 2 aromatic heterocycles. The van der Waals surface area contributed by atoms with E-state index in [2.05, 4.69) is 25.9 Å². The van der Waals surface area contributed by atoms with E-state index in [1.54, 1.807) is 18.6 Å². The van der Waals surface area contributed by atoms with Gasteiger partial charge >= 0.3 is 0 Å². The molecule has 0 aliphatic carbocycles. The van der Waals surface area contributed by atoms with Crippen LogP contribution in [-0.4, -0.2) is 9.97 Å². The molecule has 3 rings (SSSR count). The summed E-state index contributed by atoms with van der Waals surface area (Å²) in [6, 6.07) is 9.53. The molecule has 0 aliphatic heterocycles. The van der Waals surface area contributed by atoms with Gasteiger partial charge in [0.15, 0.2) is 0 Å². The highest BCUT2D eigenvalue weighted by Crippen LogP contribution is 2.24. The first-order chi connectivity index (χ1) is 9.74. The summed E-state index contributed by atoms with van der Waals surface area (Å²) in [5, 5.41) is 0.945. The second-order valence-electron chi connectivity index (χ2n) is 4.34. The molecule has 2 N–H and O–H groups in total. The van der Waals surface area contributed by atoms with Gasteiger partial charge in [0.2, 0.25) is 0 Å². The van der Waals surface area contributed by atoms with Crippen molar-refractivity contribution in [1.29, 1.82) is 0 Å². The number of benzene rings is 1. The predicted molar refractivity (Wildman–Crippen MR) is 82.4 cm³/mol. The maximum absolute atomic E-state index is 5.96. The molecule has 2 heterocycles. The second-order valence-corrected chi connectivity index (χ2v) is 5.26. The average molecular weight is 330 g/mol. The molecule has 0 amide bonds. The highest BCUT2D eigenvalue weighted by molar-refractivity contribution is 9.10. The van der Waals surface area contributed by atoms with Crippen LogP contribution in [0.1, 0.15) is 5.56 Å². The number of hydrogen-bond donors (Lipinski definition) is 1. The van der Waals surface area contributed by atoms with E-state index >= 15 is 0 Å². The summed E-state index contributed by atoms with van der Waals surface area (Å²) < 4.78 is 6.63. The molecule has 0 saturated heterocycles. The third kappa shape index (κ3) is 2.58. The Labute approximate surface area is 124 Å². The third-order valence-corrected chi connectivity index (χ3v) is 3.39. The molecule has 4 nitrogen and oxygen atoms in total. The average Bonchev–Trinajstić information content (AvgIpc) is 2.47. The van der Waals surface area contributed by atoms with Crippen molar-refractivity contribution < 1.29 is 4.74 Å². The van der Waals surface area contributed by atoms with Crippen LogP contribution in [0.15, 0.2) is 53.4 Å². The number of nitrogens with two attached hydrogens (primary N) is 1. The maximum Gasteiger partial charge on any atom is 0.139 e. The standard InChI is InChI=1S/C15H12BrN3O/c16-11-6-12(8-18-7-11)20-9-10-3-4-14(17)13-2-1-5-19-15(10)13/h1-8H,9,17H2. The van der Waals surface area contributed by atoms with E-state index in [1.807, 2.05) is 30.3 Å². The number of aromatic nitrogens is 2. The van der Waals surface area contributed by atoms with Crippen LogP contribution in [0, 0.1) is 0 Å². The van der Waals surface area contributed by atoms with E-state index in [0.717, 1.165) is 26.6 Å². The van der Waals surface area contributed by atoms with Crippen molar-refractivity contribution in [3.63, 3.8) is 0 Å². The molecule has 1 aromatic carbocycles. The Bertz CT molecular complexity index is 761. The van der Waals surface area contributed by atoms with E-state index in [9.17, 15) is 0 Å². The maximum atomic E-state index is 5.96. The van der Waals surface area contributed by atoms with Crippen LogP contribution in [0.4, 0.5) is 5.69 Å². The molecule has 100 valence electrons. The van der Waals surface area contributed by atoms with Crippen LogP contribution in [0.25, 0.3) is 10.9 Å². The number of pyridine rings is 2. The molecule has 5 heteroatoms. The topological polar surface area (TPSA) is 61.0 Å². The molecule has 20 heavy (non-hydrogen) atoms. The number of rotatable bonds is 3. The van der Waals surface area contributed by atoms with E-state index in [-0.39, 0.29) is 0 Å². The quantitative estimate of drug-likeness (QED) is 0.746. The number of anilines is 1. The van der Waals surface area contributed by atoms with Crippen molar-refractivity contribution in [1.82, 2.24) is 9.97 Å². The zero-order valence-electron chi connectivity index (χ0n) is 10.6. The SMILES string of the molecule is Nc1ccc(COc2cncc(Br)c2)c2ncccc12. The van der Waals surface area contributed by atoms with Gasteiger partial charge in [-0.3, -0.25) is 9.97 Å². The van der Waals surface area contributed by atoms with E-state index in [4.69, 9.17) is 10.5 Å². The predicted octanol–water partition coefficient (Wildman–Crippen LogP) is 3.55. The van der Waals surface area contributed by atoms with Crippen molar-refractivity contribution in [3.8, 4) is 5.75 Å². The van der Waals surface area contributed by atoms with Crippen molar-refractivity contribution >= 4 is 32.5 Å². The van der Waals surface area contributed by atoms with Crippen LogP contribution < -0.4 is 10.5 Å². The lowest BCUT2D eigenvalue weighted by Gasteiger charge is -2.09. The fraction of sp³-hybridized carbons (Fsp3) is 0.0667. The fourth-order valence-electron chi connectivity index (χ4n) is 2.00. The minimum Gasteiger partial charge on any atom is -0.487 e. The molecule has 0 unspecified atom stereocenters. The first-order valence-electron chi connectivity index (χ1n) is 6.09. The molecule has 0 spiro atoms. The van der Waals surface area contributed by atoms with Gasteiger partial charge in [0, 0.05) is 33.5 Å². The van der Waals surface area contributed by atoms with E-state index < -0.39 is 0 Å². The molecule has 0 radical (unpaired) electrons. The second kappa shape index (κ2) is 5.46. The van der Waals surface area contributed by atoms with Crippen molar-refractivity contribution in [3.05, 3.63) is 59.0 Å². The summed E-state index contributed by atoms with van der Waals surface area (Å²) in [7, 11) is 0. The van der Waals surface area contributed by atoms with E-state index in [0.29, 0.717) is 12.4 Å². The van der Waals surface area contributed by atoms with Gasteiger partial charge in [-0.15, -0.1) is 0 Å². The summed E-state index contributed by atoms with van der Waals surface area (Å²) in [5.74, 6) is 0.709. The lowest BCUT2D eigenvalue weighted by Crippen LogP contribution is -1.99. The Kier molecular flexibility index (Phi) is 3.52. The van der Waals surface area contributed by atoms with Crippen LogP contribution in [-0.2, 0) is 6.61 Å². The summed E-state index contributed by atoms with van der Waals surface area (Å²) in [5.41, 5.74) is 8.54. The van der Waals surface area contributed by atoms with Crippen LogP contribution in [0.3, 0.4) is 0 Å². The van der Waals surface area contributed by atoms with Gasteiger partial charge in [-0.05, 0) is 40.2 Å². The summed E-state index contributed by atoms with van der Waals surface area (Å²) in [4.78, 5) is 8.45. The monoisotopic (exact) mass is 329 g/mol. The molecular formula is C15H12BrN3O. The van der Waals surface area contributed by atoms with Gasteiger partial charge < -0.3 is 10.5 Å². The number of fused-ring (bicyclic) bond motifs is 1. The van der Waals surface area contributed by atoms with Gasteiger partial charge in [-0.2, -0.15) is 0 Å². The molecule has 0 saturated carbocycles. The number of hydrogen-bond acceptors (Lipinski definition) is 4. The molecule has 0 bridgehead atoms. The smallest absolute Gasteiger partial charge is 0.139 e. The summed E-state index contributed by atoms with van der Waals surface area (Å²) >= 11 is 3.37. The zero-order valence-corrected chi connectivity index (χ0v) is 12.2. The van der Waals surface area contributed by atoms with Gasteiger partial charge in [-0.25, -0.2) is 0 Å². The molecule has 0 fully saturated rings. The number of nitrogen functional groups attached to an aromatic ring is 1. The highest BCUT2D eigenvalue weighted by Gasteiger charge is 2.06. The Balaban J connectivity index is 1.90. The summed E-state index contributed by atoms with van der Waals surface area (Å²) in [6.07, 6.45) is 5.15. The van der Waals surface area contributed by atoms with Crippen LogP contribution in [0.5, 0.6) is 5.75 Å². The molecular weight excluding hydrogens is 318 g/mol. The Morgan fingerprint density at radius 2 is 2.10 bits per heavy atom. The number of nitrogens with zero attached hydrogens (tertiary/aromatic N) is 2. The molecule has 3 aromatic rings. The zero-order chi connectivity index (χ0) is 13.9. The lowest BCUT2D eigenvalue weighted by molar-refractivity contribution is 0.306. The normalized spacial score (nSPS) is 10.7. The lowest BCUT2D eigenvalue weighted by atomic mass is 10.1. The number of halogens is 1. The van der Waals surface area contributed by atoms with Crippen LogP contribution in [0.2, 0.25) is 0 Å². The van der Waals surface area contributed by atoms with Crippen LogP contribution >= 0.6 is 15.9 Å². The Morgan fingerprint density at radius 1 is 1.20 bits per heavy atom. The fourth-order valence-corrected chi connectivity index (χ4v) is 2.35. The molecule has 0 atom stereocenters. The van der Waals surface area contributed by atoms with Gasteiger partial charge in [0.25, 0.3) is 0 Å². The Morgan fingerprint density at radius 3 is 2.95 bits per heavy atom. The first-order valence-corrected chi connectivity index (χ1v) is 6.89. The Hall–Kier alpha value is -2.14. The third-order valence-electron chi connectivity index (χ3n) is 2.96. The minimum absolute atomic E-state index is 0.423. The molecule has 0 aliphatic rings. The summed E-state index contributed by atoms with van der Waals surface area (Å²) in [6.45, 7) is 0.423. The highest BCUT2D eigenvalue weighted by atomic mass is 79.9. The number of ether oxygens (including phenoxy) is 1. The van der Waals surface area contributed by atoms with E-state index in [1.165, 1.54) is 0 Å². The first kappa shape index (κ1) is 12.9. The van der Waals surface area contributed by atoms with Gasteiger partial charge in [-0.1, -0.05) is 6.07 Å². The minimum atomic E-state index is 0.423.